The average Bonchev–Trinajstić information content (AvgIpc) is 1.82. The SMILES string of the molecule is N[C@@H](CCC(=O)O)C(=O)O.[Cl-].[Na+]. The molecule has 7 heteroatoms. The van der Waals surface area contributed by atoms with Crippen molar-refractivity contribution < 1.29 is 61.8 Å². The van der Waals surface area contributed by atoms with Gasteiger partial charge in [-0.3, -0.25) is 9.59 Å². The zero-order valence-corrected chi connectivity index (χ0v) is 9.41. The van der Waals surface area contributed by atoms with E-state index in [1.54, 1.807) is 0 Å². The fourth-order valence-electron chi connectivity index (χ4n) is 0.402. The third kappa shape index (κ3) is 10.2. The molecule has 0 aliphatic heterocycles. The molecule has 4 N–H and O–H groups in total. The normalized spacial score (nSPS) is 10.4. The summed E-state index contributed by atoms with van der Waals surface area (Å²) in [5.41, 5.74) is 5.00. The third-order valence-corrected chi connectivity index (χ3v) is 0.986. The number of hydrogen-bond acceptors (Lipinski definition) is 3. The van der Waals surface area contributed by atoms with Crippen LogP contribution in [-0.4, -0.2) is 28.2 Å². The molecule has 1 atom stereocenters. The molecule has 0 aromatic carbocycles. The van der Waals surface area contributed by atoms with E-state index >= 15 is 0 Å². The molecular weight excluding hydrogens is 197 g/mol. The fourth-order valence-corrected chi connectivity index (χ4v) is 0.402. The quantitative estimate of drug-likeness (QED) is 0.396. The van der Waals surface area contributed by atoms with E-state index in [1.165, 1.54) is 0 Å². The van der Waals surface area contributed by atoms with Gasteiger partial charge in [0.05, 0.1) is 0 Å². The Bertz CT molecular complexity index is 154. The smallest absolute Gasteiger partial charge is 1.00 e. The second kappa shape index (κ2) is 9.28. The number of halogens is 1. The van der Waals surface area contributed by atoms with Crippen LogP contribution in [0.1, 0.15) is 12.8 Å². The molecule has 66 valence electrons. The molecule has 5 nitrogen and oxygen atoms in total. The van der Waals surface area contributed by atoms with E-state index in [2.05, 4.69) is 0 Å². The van der Waals surface area contributed by atoms with Crippen molar-refractivity contribution in [2.45, 2.75) is 18.9 Å². The van der Waals surface area contributed by atoms with Gasteiger partial charge in [0.1, 0.15) is 6.04 Å². The molecule has 0 unspecified atom stereocenters. The van der Waals surface area contributed by atoms with Gasteiger partial charge >= 0.3 is 41.5 Å². The standard InChI is InChI=1S/C5H9NO4.ClH.Na/c6-3(5(9)10)1-2-4(7)8;;/h3H,1-2,6H2,(H,7,8)(H,9,10);1H;/q;;+1/p-1/t3-;;/m0../s1. The molecule has 0 saturated carbocycles. The maximum Gasteiger partial charge on any atom is 1.00 e. The first-order valence-electron chi connectivity index (χ1n) is 2.74. The van der Waals surface area contributed by atoms with Gasteiger partial charge in [0.15, 0.2) is 0 Å². The minimum absolute atomic E-state index is 0. The molecule has 0 aliphatic carbocycles. The second-order valence-corrected chi connectivity index (χ2v) is 1.88. The predicted octanol–water partition coefficient (Wildman–Crippen LogP) is -6.73. The van der Waals surface area contributed by atoms with Crippen LogP contribution in [0.2, 0.25) is 0 Å². The van der Waals surface area contributed by atoms with Crippen LogP contribution in [-0.2, 0) is 9.59 Å². The summed E-state index contributed by atoms with van der Waals surface area (Å²) in [6.07, 6.45) is -0.224. The summed E-state index contributed by atoms with van der Waals surface area (Å²) in [5, 5.41) is 16.3. The summed E-state index contributed by atoms with van der Waals surface area (Å²) in [4.78, 5) is 19.9. The van der Waals surface area contributed by atoms with E-state index in [1.807, 2.05) is 0 Å². The molecule has 0 spiro atoms. The Morgan fingerprint density at radius 1 is 1.33 bits per heavy atom. The Labute approximate surface area is 98.0 Å². The van der Waals surface area contributed by atoms with Crippen LogP contribution in [0, 0.1) is 0 Å². The summed E-state index contributed by atoms with van der Waals surface area (Å²) in [7, 11) is 0. The first-order valence-corrected chi connectivity index (χ1v) is 2.74. The van der Waals surface area contributed by atoms with Crippen LogP contribution >= 0.6 is 0 Å². The predicted molar refractivity (Wildman–Crippen MR) is 32.5 cm³/mol. The largest absolute Gasteiger partial charge is 1.00 e. The van der Waals surface area contributed by atoms with Gasteiger partial charge in [-0.05, 0) is 6.42 Å². The van der Waals surface area contributed by atoms with Gasteiger partial charge in [0.25, 0.3) is 0 Å². The summed E-state index contributed by atoms with van der Waals surface area (Å²) >= 11 is 0. The minimum atomic E-state index is -1.17. The van der Waals surface area contributed by atoms with Gasteiger partial charge < -0.3 is 28.4 Å². The van der Waals surface area contributed by atoms with Crippen molar-refractivity contribution in [3.05, 3.63) is 0 Å². The first-order chi connectivity index (χ1) is 4.54. The monoisotopic (exact) mass is 205 g/mol. The topological polar surface area (TPSA) is 101 Å². The van der Waals surface area contributed by atoms with Crippen molar-refractivity contribution in [1.29, 1.82) is 0 Å². The molecule has 0 rings (SSSR count). The van der Waals surface area contributed by atoms with E-state index in [9.17, 15) is 9.59 Å². The van der Waals surface area contributed by atoms with Gasteiger partial charge in [0, 0.05) is 6.42 Å². The molecule has 0 saturated heterocycles. The van der Waals surface area contributed by atoms with Crippen molar-refractivity contribution in [2.24, 2.45) is 5.73 Å². The van der Waals surface area contributed by atoms with Gasteiger partial charge in [-0.25, -0.2) is 0 Å². The number of carbonyl (C=O) groups is 2. The molecule has 0 aliphatic rings. The molecule has 12 heavy (non-hydrogen) atoms. The van der Waals surface area contributed by atoms with Gasteiger partial charge in [0.2, 0.25) is 0 Å². The molecule has 0 radical (unpaired) electrons. The molecule has 0 aromatic heterocycles. The second-order valence-electron chi connectivity index (χ2n) is 1.88. The molecule has 0 aromatic rings. The molecule has 0 fully saturated rings. The Kier molecular flexibility index (Phi) is 14.0. The van der Waals surface area contributed by atoms with Crippen molar-refractivity contribution >= 4 is 11.9 Å². The Morgan fingerprint density at radius 3 is 2.00 bits per heavy atom. The number of hydrogen-bond donors (Lipinski definition) is 3. The third-order valence-electron chi connectivity index (χ3n) is 0.986. The Balaban J connectivity index is -0.000000405. The summed E-state index contributed by atoms with van der Waals surface area (Å²) < 4.78 is 0. The summed E-state index contributed by atoms with van der Waals surface area (Å²) in [6, 6.07) is -1.06. The van der Waals surface area contributed by atoms with Crippen molar-refractivity contribution in [3.63, 3.8) is 0 Å². The van der Waals surface area contributed by atoms with Crippen LogP contribution in [0.4, 0.5) is 0 Å². The number of carboxylic acids is 2. The fraction of sp³-hybridized carbons (Fsp3) is 0.600. The first kappa shape index (κ1) is 18.1. The molecular formula is C5H9ClNNaO4. The minimum Gasteiger partial charge on any atom is -1.00 e. The summed E-state index contributed by atoms with van der Waals surface area (Å²) in [6.45, 7) is 0. The zero-order valence-electron chi connectivity index (χ0n) is 6.66. The summed E-state index contributed by atoms with van der Waals surface area (Å²) in [5.74, 6) is -2.20. The number of aliphatic carboxylic acids is 2. The van der Waals surface area contributed by atoms with Crippen LogP contribution < -0.4 is 47.7 Å². The number of rotatable bonds is 4. The van der Waals surface area contributed by atoms with E-state index in [4.69, 9.17) is 15.9 Å². The number of carboxylic acid groups (broad SMARTS) is 2. The van der Waals surface area contributed by atoms with Crippen LogP contribution in [0.5, 0.6) is 0 Å². The van der Waals surface area contributed by atoms with Crippen molar-refractivity contribution in [2.75, 3.05) is 0 Å². The van der Waals surface area contributed by atoms with Crippen LogP contribution in [0.25, 0.3) is 0 Å². The van der Waals surface area contributed by atoms with E-state index in [0.717, 1.165) is 0 Å². The average molecular weight is 206 g/mol. The number of nitrogens with two attached hydrogens (primary N) is 1. The Morgan fingerprint density at radius 2 is 1.75 bits per heavy atom. The van der Waals surface area contributed by atoms with Gasteiger partial charge in [-0.2, -0.15) is 0 Å². The van der Waals surface area contributed by atoms with Crippen LogP contribution in [0.15, 0.2) is 0 Å². The Hall–Kier alpha value is 0.190. The van der Waals surface area contributed by atoms with Crippen molar-refractivity contribution in [1.82, 2.24) is 0 Å². The van der Waals surface area contributed by atoms with E-state index in [-0.39, 0.29) is 54.8 Å². The van der Waals surface area contributed by atoms with Crippen molar-refractivity contribution in [3.8, 4) is 0 Å². The van der Waals surface area contributed by atoms with Gasteiger partial charge in [-0.1, -0.05) is 0 Å². The molecule has 0 bridgehead atoms. The maximum atomic E-state index is 9.99. The molecule has 0 heterocycles. The molecule has 0 amide bonds. The maximum absolute atomic E-state index is 9.99. The zero-order chi connectivity index (χ0) is 8.15. The van der Waals surface area contributed by atoms with E-state index < -0.39 is 18.0 Å². The van der Waals surface area contributed by atoms with Gasteiger partial charge in [-0.15, -0.1) is 0 Å². The van der Waals surface area contributed by atoms with E-state index in [0.29, 0.717) is 0 Å². The van der Waals surface area contributed by atoms with Crippen LogP contribution in [0.3, 0.4) is 0 Å².